The van der Waals surface area contributed by atoms with Crippen LogP contribution in [0.3, 0.4) is 0 Å². The molecule has 4 fully saturated rings. The number of rotatable bonds is 14. The van der Waals surface area contributed by atoms with Crippen molar-refractivity contribution >= 4 is 5.97 Å². The first kappa shape index (κ1) is 67.2. The summed E-state index contributed by atoms with van der Waals surface area (Å²) in [6.45, 7) is 19.1. The van der Waals surface area contributed by atoms with Crippen LogP contribution in [-0.2, 0) is 61.6 Å². The van der Waals surface area contributed by atoms with Gasteiger partial charge >= 0.3 is 5.97 Å². The lowest BCUT2D eigenvalue weighted by molar-refractivity contribution is -0.366. The summed E-state index contributed by atoms with van der Waals surface area (Å²) >= 11 is 0. The monoisotopic (exact) mass is 1130 g/mol. The third kappa shape index (κ3) is 17.3. The lowest BCUT2D eigenvalue weighted by Gasteiger charge is -2.52. The predicted octanol–water partition coefficient (Wildman–Crippen LogP) is 3.59. The quantitative estimate of drug-likeness (QED) is 0.115. The van der Waals surface area contributed by atoms with E-state index in [1.807, 2.05) is 51.2 Å². The average molecular weight is 1130 g/mol. The Kier molecular flexibility index (Phi) is 25.3. The molecule has 0 aromatic carbocycles. The number of ether oxygens (including phenoxy) is 12. The van der Waals surface area contributed by atoms with E-state index in [-0.39, 0.29) is 50.2 Å². The van der Waals surface area contributed by atoms with Crippen LogP contribution in [0.25, 0.3) is 0 Å². The van der Waals surface area contributed by atoms with Crippen LogP contribution in [0.15, 0.2) is 58.7 Å². The van der Waals surface area contributed by atoms with E-state index in [9.17, 15) is 45.6 Å². The number of methoxy groups -OCH3 is 4. The lowest BCUT2D eigenvalue weighted by atomic mass is 9.76. The highest BCUT2D eigenvalue weighted by Gasteiger charge is 2.59. The molecule has 79 heavy (non-hydrogen) atoms. The molecule has 5 aliphatic rings. The van der Waals surface area contributed by atoms with Crippen molar-refractivity contribution in [3.05, 3.63) is 58.7 Å². The molecule has 0 spiro atoms. The molecule has 0 amide bonds. The molecule has 0 aromatic rings. The Morgan fingerprint density at radius 2 is 1.39 bits per heavy atom. The molecule has 5 heterocycles. The van der Waals surface area contributed by atoms with Crippen LogP contribution >= 0.6 is 0 Å². The van der Waals surface area contributed by atoms with Gasteiger partial charge in [0.1, 0.15) is 30.5 Å². The smallest absolute Gasteiger partial charge is 0.334 e. The third-order valence-electron chi connectivity index (χ3n) is 16.3. The van der Waals surface area contributed by atoms with Gasteiger partial charge in [0.05, 0.1) is 79.4 Å². The minimum absolute atomic E-state index is 0.000680. The van der Waals surface area contributed by atoms with E-state index >= 15 is 0 Å². The van der Waals surface area contributed by atoms with E-state index in [1.165, 1.54) is 42.3 Å². The second-order valence-electron chi connectivity index (χ2n) is 23.0. The zero-order valence-corrected chi connectivity index (χ0v) is 49.1. The minimum Gasteiger partial charge on any atom is -0.450 e. The second-order valence-corrected chi connectivity index (χ2v) is 23.0. The Bertz CT molecular complexity index is 2080. The molecule has 0 aromatic heterocycles. The van der Waals surface area contributed by atoms with Gasteiger partial charge < -0.3 is 97.7 Å². The summed E-state index contributed by atoms with van der Waals surface area (Å²) in [7, 11) is 5.79. The first-order valence-corrected chi connectivity index (χ1v) is 27.9. The van der Waals surface area contributed by atoms with E-state index in [0.717, 1.165) is 11.1 Å². The number of esters is 1. The third-order valence-corrected chi connectivity index (χ3v) is 16.3. The summed E-state index contributed by atoms with van der Waals surface area (Å²) in [5.41, 5.74) is 0.889. The molecule has 21 heteroatoms. The van der Waals surface area contributed by atoms with Crippen LogP contribution < -0.4 is 0 Å². The molecule has 4 saturated heterocycles. The van der Waals surface area contributed by atoms with Crippen LogP contribution in [0, 0.1) is 17.8 Å². The van der Waals surface area contributed by atoms with Gasteiger partial charge in [0.25, 0.3) is 0 Å². The second kappa shape index (κ2) is 29.8. The maximum atomic E-state index is 14.3. The number of allylic oxidation sites excluding steroid dienone is 7. The molecular weight excluding hydrogens is 1030 g/mol. The van der Waals surface area contributed by atoms with E-state index in [1.54, 1.807) is 47.6 Å². The van der Waals surface area contributed by atoms with Crippen molar-refractivity contribution in [1.82, 2.24) is 0 Å². The SMILES string of the molecule is COC[C@@H](C[C@H]1O[C@@](O)([C@@H]2OC(=O)/C(C)=C/C(C)=C/C(C)=C\[C@@H](C)[C@H](O[C@@H]3O[C@@H](C)[C@H](OC)[C@@H](O)[C@@H]3O)/C=C/C(C)=C/CC[C@H](O)[C@@H](OC)C[C@@H]2O)[C@H](C)[C@@H](O)[C@H]1C)O[C@H]1C[C@](C)(O)[C@@H](O[C@H]2C[C@@H](OC)[C@H](O)[C@@H](C)O2)[C@H](C)O1. The van der Waals surface area contributed by atoms with Crippen molar-refractivity contribution in [2.75, 3.05) is 35.0 Å². The average Bonchev–Trinajstić information content (AvgIpc) is 3.41. The van der Waals surface area contributed by atoms with Gasteiger partial charge in [0.15, 0.2) is 25.0 Å². The van der Waals surface area contributed by atoms with Crippen molar-refractivity contribution < 1.29 is 102 Å². The van der Waals surface area contributed by atoms with E-state index in [2.05, 4.69) is 0 Å². The molecule has 0 aliphatic carbocycles. The Morgan fingerprint density at radius 1 is 0.722 bits per heavy atom. The Morgan fingerprint density at radius 3 is 2.03 bits per heavy atom. The molecule has 0 saturated carbocycles. The van der Waals surface area contributed by atoms with Gasteiger partial charge in [-0.05, 0) is 74.3 Å². The summed E-state index contributed by atoms with van der Waals surface area (Å²) in [5.74, 6) is -5.55. The van der Waals surface area contributed by atoms with Gasteiger partial charge in [-0.15, -0.1) is 0 Å². The number of hydrogen-bond acceptors (Lipinski definition) is 21. The fourth-order valence-corrected chi connectivity index (χ4v) is 11.6. The van der Waals surface area contributed by atoms with Gasteiger partial charge in [-0.1, -0.05) is 67.9 Å². The van der Waals surface area contributed by atoms with E-state index in [0.29, 0.717) is 12.0 Å². The minimum atomic E-state index is -2.53. The molecule has 454 valence electrons. The van der Waals surface area contributed by atoms with Crippen molar-refractivity contribution in [3.63, 3.8) is 0 Å². The molecule has 25 atom stereocenters. The van der Waals surface area contributed by atoms with Crippen LogP contribution in [0.5, 0.6) is 0 Å². The number of carbonyl (C=O) groups excluding carboxylic acids is 1. The molecule has 0 radical (unpaired) electrons. The van der Waals surface area contributed by atoms with Gasteiger partial charge in [-0.25, -0.2) is 4.79 Å². The number of hydrogen-bond donors (Lipinski definition) is 8. The summed E-state index contributed by atoms with van der Waals surface area (Å²) in [5, 5.41) is 92.8. The topological polar surface area (TPSA) is 290 Å². The maximum absolute atomic E-state index is 14.3. The highest BCUT2D eigenvalue weighted by Crippen LogP contribution is 2.44. The number of aliphatic hydroxyl groups is 8. The fraction of sp³-hybridized carbons (Fsp3) is 0.810. The maximum Gasteiger partial charge on any atom is 0.334 e. The summed E-state index contributed by atoms with van der Waals surface area (Å²) in [4.78, 5) is 14.3. The predicted molar refractivity (Wildman–Crippen MR) is 288 cm³/mol. The van der Waals surface area contributed by atoms with Gasteiger partial charge in [-0.2, -0.15) is 0 Å². The molecule has 0 bridgehead atoms. The molecule has 5 rings (SSSR count). The molecule has 0 unspecified atom stereocenters. The fourth-order valence-electron chi connectivity index (χ4n) is 11.6. The normalized spacial score (nSPS) is 47.4. The highest BCUT2D eigenvalue weighted by molar-refractivity contribution is 5.88. The molecule has 8 N–H and O–H groups in total. The lowest BCUT2D eigenvalue weighted by Crippen LogP contribution is -2.66. The summed E-state index contributed by atoms with van der Waals surface area (Å²) < 4.78 is 72.2. The summed E-state index contributed by atoms with van der Waals surface area (Å²) in [6.07, 6.45) is -8.51. The molecular formula is C58H96O21. The van der Waals surface area contributed by atoms with E-state index in [4.69, 9.17) is 56.8 Å². The largest absolute Gasteiger partial charge is 0.450 e. The van der Waals surface area contributed by atoms with Gasteiger partial charge in [-0.3, -0.25) is 0 Å². The number of aliphatic hydroxyl groups excluding tert-OH is 6. The van der Waals surface area contributed by atoms with Crippen molar-refractivity contribution in [3.8, 4) is 0 Å². The van der Waals surface area contributed by atoms with E-state index < -0.39 is 152 Å². The van der Waals surface area contributed by atoms with Crippen molar-refractivity contribution in [2.45, 2.75) is 249 Å². The highest BCUT2D eigenvalue weighted by atomic mass is 16.7. The van der Waals surface area contributed by atoms with Gasteiger partial charge in [0, 0.05) is 77.4 Å². The van der Waals surface area contributed by atoms with Crippen LogP contribution in [-0.4, -0.2) is 216 Å². The zero-order valence-electron chi connectivity index (χ0n) is 49.1. The zero-order chi connectivity index (χ0) is 58.8. The first-order chi connectivity index (χ1) is 37.1. The van der Waals surface area contributed by atoms with Crippen LogP contribution in [0.4, 0.5) is 0 Å². The van der Waals surface area contributed by atoms with Gasteiger partial charge in [0.2, 0.25) is 5.79 Å². The van der Waals surface area contributed by atoms with Crippen molar-refractivity contribution in [2.24, 2.45) is 17.8 Å². The Hall–Kier alpha value is -2.59. The van der Waals surface area contributed by atoms with Crippen LogP contribution in [0.2, 0.25) is 0 Å². The first-order valence-electron chi connectivity index (χ1n) is 27.9. The van der Waals surface area contributed by atoms with Crippen molar-refractivity contribution in [1.29, 1.82) is 0 Å². The summed E-state index contributed by atoms with van der Waals surface area (Å²) in [6, 6.07) is 0. The Labute approximate surface area is 467 Å². The number of carbonyl (C=O) groups is 1. The number of cyclic esters (lactones) is 1. The van der Waals surface area contributed by atoms with Crippen LogP contribution in [0.1, 0.15) is 115 Å². The standard InChI is InChI=1S/C58H96O21/c1-29-17-16-18-40(59)44(69-13)25-41(60)54(78-55(65)33(5)23-31(3)21-30(2)22-32(4)42(20-19-29)76-56-51(64)50(63)52(71-15)37(9)74-56)58(67)35(7)48(61)34(6)43(79-58)24-39(28-68-12)75-47-27-57(11,66)53(38(10)73-47)77-46-26-45(70-14)49(62)36(8)72-46/h17,19-23,32,34-54,56,59-64,66-67H,16,18,24-28H2,1-15H3/b20-19+,29-17+,30-22-,31-21+,33-23+/t32-,34+,35-,36-,37+,38+,39-,40+,41+,42-,43-,44+,45-,46+,47+,48+,49-,50+,51+,52+,53+,54-,56+,57+,58-/m1/s1. The molecule has 5 aliphatic heterocycles. The molecule has 21 nitrogen and oxygen atoms in total. The Balaban J connectivity index is 1.41.